The SMILES string of the molecule is CCOc1ccc(NC(=O)[C@@H]2CCCN2S(C)(=O)=O)cc1S(=O)(=O)N(C)C. The van der Waals surface area contributed by atoms with Crippen LogP contribution in [-0.4, -0.2) is 70.9 Å². The molecule has 27 heavy (non-hydrogen) atoms. The maximum Gasteiger partial charge on any atom is 0.246 e. The van der Waals surface area contributed by atoms with Gasteiger partial charge < -0.3 is 10.1 Å². The van der Waals surface area contributed by atoms with Crippen LogP contribution in [0.3, 0.4) is 0 Å². The second-order valence-corrected chi connectivity index (χ2v) is 10.5. The van der Waals surface area contributed by atoms with Crippen LogP contribution in [0.2, 0.25) is 0 Å². The average Bonchev–Trinajstić information content (AvgIpc) is 3.06. The summed E-state index contributed by atoms with van der Waals surface area (Å²) in [7, 11) is -4.48. The van der Waals surface area contributed by atoms with Gasteiger partial charge >= 0.3 is 0 Å². The molecule has 1 amide bonds. The number of hydrogen-bond donors (Lipinski definition) is 1. The molecule has 1 atom stereocenters. The zero-order valence-electron chi connectivity index (χ0n) is 15.8. The fourth-order valence-corrected chi connectivity index (χ4v) is 5.06. The number of rotatable bonds is 7. The third-order valence-corrected chi connectivity index (χ3v) is 7.33. The van der Waals surface area contributed by atoms with E-state index in [9.17, 15) is 21.6 Å². The van der Waals surface area contributed by atoms with Crippen LogP contribution in [0.4, 0.5) is 5.69 Å². The fraction of sp³-hybridized carbons (Fsp3) is 0.562. The van der Waals surface area contributed by atoms with Gasteiger partial charge in [-0.3, -0.25) is 4.79 Å². The first-order valence-electron chi connectivity index (χ1n) is 8.45. The first kappa shape index (κ1) is 21.6. The Bertz CT molecular complexity index is 912. The lowest BCUT2D eigenvalue weighted by Gasteiger charge is -2.22. The highest BCUT2D eigenvalue weighted by atomic mass is 32.2. The van der Waals surface area contributed by atoms with Crippen molar-refractivity contribution in [2.75, 3.05) is 38.8 Å². The first-order valence-corrected chi connectivity index (χ1v) is 11.7. The lowest BCUT2D eigenvalue weighted by atomic mass is 10.2. The molecule has 1 aromatic carbocycles. The highest BCUT2D eigenvalue weighted by Crippen LogP contribution is 2.30. The number of amides is 1. The van der Waals surface area contributed by atoms with E-state index in [4.69, 9.17) is 4.74 Å². The van der Waals surface area contributed by atoms with Gasteiger partial charge in [0.2, 0.25) is 26.0 Å². The van der Waals surface area contributed by atoms with Crippen molar-refractivity contribution in [3.63, 3.8) is 0 Å². The van der Waals surface area contributed by atoms with Gasteiger partial charge in [-0.15, -0.1) is 0 Å². The van der Waals surface area contributed by atoms with Crippen molar-refractivity contribution in [3.8, 4) is 5.75 Å². The van der Waals surface area contributed by atoms with Gasteiger partial charge in [0.1, 0.15) is 16.7 Å². The quantitative estimate of drug-likeness (QED) is 0.696. The number of anilines is 1. The molecule has 0 unspecified atom stereocenters. The third-order valence-electron chi connectivity index (χ3n) is 4.20. The lowest BCUT2D eigenvalue weighted by Crippen LogP contribution is -2.42. The molecule has 1 heterocycles. The Morgan fingerprint density at radius 2 is 1.96 bits per heavy atom. The molecule has 0 aromatic heterocycles. The summed E-state index contributed by atoms with van der Waals surface area (Å²) in [5.41, 5.74) is 0.254. The van der Waals surface area contributed by atoms with Crippen LogP contribution in [0.1, 0.15) is 19.8 Å². The van der Waals surface area contributed by atoms with E-state index < -0.39 is 32.0 Å². The van der Waals surface area contributed by atoms with Gasteiger partial charge in [-0.05, 0) is 38.0 Å². The second-order valence-electron chi connectivity index (χ2n) is 6.40. The van der Waals surface area contributed by atoms with Crippen molar-refractivity contribution in [2.45, 2.75) is 30.7 Å². The van der Waals surface area contributed by atoms with Crippen molar-refractivity contribution >= 4 is 31.6 Å². The number of hydrogen-bond acceptors (Lipinski definition) is 6. The van der Waals surface area contributed by atoms with E-state index in [1.807, 2.05) is 0 Å². The van der Waals surface area contributed by atoms with Crippen molar-refractivity contribution in [2.24, 2.45) is 0 Å². The van der Waals surface area contributed by atoms with Gasteiger partial charge in [0, 0.05) is 26.3 Å². The Labute approximate surface area is 160 Å². The summed E-state index contributed by atoms with van der Waals surface area (Å²) >= 11 is 0. The van der Waals surface area contributed by atoms with Crippen LogP contribution in [0.25, 0.3) is 0 Å². The van der Waals surface area contributed by atoms with Crippen LogP contribution in [-0.2, 0) is 24.8 Å². The molecule has 2 rings (SSSR count). The highest BCUT2D eigenvalue weighted by molar-refractivity contribution is 7.89. The van der Waals surface area contributed by atoms with E-state index in [0.29, 0.717) is 19.4 Å². The fourth-order valence-electron chi connectivity index (χ4n) is 2.88. The summed E-state index contributed by atoms with van der Waals surface area (Å²) in [5.74, 6) is -0.307. The van der Waals surface area contributed by atoms with E-state index in [1.54, 1.807) is 6.92 Å². The number of benzene rings is 1. The smallest absolute Gasteiger partial charge is 0.246 e. The molecule has 0 saturated carbocycles. The first-order chi connectivity index (χ1) is 12.5. The number of ether oxygens (including phenoxy) is 1. The Balaban J connectivity index is 2.33. The number of carbonyl (C=O) groups excluding carboxylic acids is 1. The largest absolute Gasteiger partial charge is 0.492 e. The molecule has 1 aliphatic heterocycles. The Morgan fingerprint density at radius 3 is 2.52 bits per heavy atom. The molecule has 1 aliphatic rings. The molecule has 9 nitrogen and oxygen atoms in total. The molecule has 1 fully saturated rings. The van der Waals surface area contributed by atoms with E-state index in [1.165, 1.54) is 32.3 Å². The van der Waals surface area contributed by atoms with Gasteiger partial charge in [0.05, 0.1) is 12.9 Å². The summed E-state index contributed by atoms with van der Waals surface area (Å²) in [4.78, 5) is 12.5. The minimum absolute atomic E-state index is 0.0708. The zero-order chi connectivity index (χ0) is 20.4. The molecule has 0 aliphatic carbocycles. The normalized spacial score (nSPS) is 18.6. The molecule has 1 N–H and O–H groups in total. The van der Waals surface area contributed by atoms with Gasteiger partial charge in [0.15, 0.2) is 0 Å². The lowest BCUT2D eigenvalue weighted by molar-refractivity contribution is -0.119. The summed E-state index contributed by atoms with van der Waals surface area (Å²) in [6.07, 6.45) is 2.07. The average molecular weight is 420 g/mol. The molecule has 1 saturated heterocycles. The third kappa shape index (κ3) is 4.78. The Kier molecular flexibility index (Phi) is 6.51. The van der Waals surface area contributed by atoms with E-state index >= 15 is 0 Å². The van der Waals surface area contributed by atoms with Crippen LogP contribution in [0.15, 0.2) is 23.1 Å². The molecule has 0 bridgehead atoms. The molecule has 0 spiro atoms. The summed E-state index contributed by atoms with van der Waals surface area (Å²) in [6.45, 7) is 2.31. The summed E-state index contributed by atoms with van der Waals surface area (Å²) in [6, 6.07) is 3.51. The number of sulfonamides is 2. The second kappa shape index (κ2) is 8.13. The van der Waals surface area contributed by atoms with E-state index in [-0.39, 0.29) is 22.9 Å². The van der Waals surface area contributed by atoms with E-state index in [2.05, 4.69) is 5.32 Å². The maximum atomic E-state index is 12.6. The number of nitrogens with zero attached hydrogens (tertiary/aromatic N) is 2. The van der Waals surface area contributed by atoms with Crippen LogP contribution < -0.4 is 10.1 Å². The molecule has 11 heteroatoms. The van der Waals surface area contributed by atoms with Gasteiger partial charge in [-0.1, -0.05) is 0 Å². The molecule has 1 aromatic rings. The van der Waals surface area contributed by atoms with Gasteiger partial charge in [-0.2, -0.15) is 4.31 Å². The zero-order valence-corrected chi connectivity index (χ0v) is 17.4. The Morgan fingerprint density at radius 1 is 1.30 bits per heavy atom. The van der Waals surface area contributed by atoms with Crippen molar-refractivity contribution < 1.29 is 26.4 Å². The minimum atomic E-state index is -3.79. The standard InChI is InChI=1S/C16H25N3O6S2/c1-5-25-14-9-8-12(11-15(14)27(23,24)18(2)3)17-16(20)13-7-6-10-19(13)26(4,21)22/h8-9,11,13H,5-7,10H2,1-4H3,(H,17,20)/t13-/m0/s1. The van der Waals surface area contributed by atoms with Crippen molar-refractivity contribution in [3.05, 3.63) is 18.2 Å². The van der Waals surface area contributed by atoms with Gasteiger partial charge in [0.25, 0.3) is 0 Å². The number of nitrogens with one attached hydrogen (secondary N) is 1. The summed E-state index contributed by atoms with van der Waals surface area (Å²) in [5, 5.41) is 2.62. The van der Waals surface area contributed by atoms with Crippen LogP contribution >= 0.6 is 0 Å². The predicted octanol–water partition coefficient (Wildman–Crippen LogP) is 0.698. The molecule has 152 valence electrons. The van der Waals surface area contributed by atoms with E-state index in [0.717, 1.165) is 14.9 Å². The Hall–Kier alpha value is -1.69. The van der Waals surface area contributed by atoms with Crippen LogP contribution in [0, 0.1) is 0 Å². The summed E-state index contributed by atoms with van der Waals surface area (Å²) < 4.78 is 56.4. The topological polar surface area (TPSA) is 113 Å². The maximum absolute atomic E-state index is 12.6. The highest BCUT2D eigenvalue weighted by Gasteiger charge is 2.36. The van der Waals surface area contributed by atoms with Crippen molar-refractivity contribution in [1.82, 2.24) is 8.61 Å². The molecular weight excluding hydrogens is 394 g/mol. The monoisotopic (exact) mass is 419 g/mol. The number of carbonyl (C=O) groups is 1. The van der Waals surface area contributed by atoms with Crippen molar-refractivity contribution in [1.29, 1.82) is 0 Å². The van der Waals surface area contributed by atoms with Crippen LogP contribution in [0.5, 0.6) is 5.75 Å². The predicted molar refractivity (Wildman–Crippen MR) is 102 cm³/mol. The minimum Gasteiger partial charge on any atom is -0.492 e. The molecule has 0 radical (unpaired) electrons. The molecular formula is C16H25N3O6S2. The van der Waals surface area contributed by atoms with Gasteiger partial charge in [-0.25, -0.2) is 21.1 Å².